The monoisotopic (exact) mass is 783 g/mol. The van der Waals surface area contributed by atoms with Gasteiger partial charge < -0.3 is 53.8 Å². The van der Waals surface area contributed by atoms with Crippen molar-refractivity contribution in [1.29, 1.82) is 5.26 Å². The van der Waals surface area contributed by atoms with Crippen LogP contribution in [0.15, 0.2) is 24.3 Å². The largest absolute Gasteiger partial charge is 0.504 e. The van der Waals surface area contributed by atoms with Gasteiger partial charge in [-0.3, -0.25) is 9.69 Å². The lowest BCUT2D eigenvalue weighted by Gasteiger charge is -2.48. The predicted molar refractivity (Wildman–Crippen MR) is 213 cm³/mol. The molecule has 0 bridgehead atoms. The highest BCUT2D eigenvalue weighted by Crippen LogP contribution is 2.56. The van der Waals surface area contributed by atoms with E-state index in [2.05, 4.69) is 21.3 Å². The molecule has 2 unspecified atom stereocenters. The van der Waals surface area contributed by atoms with Crippen LogP contribution in [0.25, 0.3) is 10.9 Å². The molecule has 304 valence electrons. The number of hydrogen-bond acceptors (Lipinski definition) is 12. The number of carbonyl (C=O) groups is 1. The van der Waals surface area contributed by atoms with E-state index in [4.69, 9.17) is 28.4 Å². The van der Waals surface area contributed by atoms with Gasteiger partial charge in [0.2, 0.25) is 0 Å². The zero-order valence-electron chi connectivity index (χ0n) is 33.9. The standard InChI is InChI=1S/C43H53N5O9/c1-22-39(52-5)28-17-26(19-44)48-32(36(47(3)4)35(28)38(50)42(22)55-8)18-29-34(37(49)41(54-7)23(2)40(29)53-6)33(48)20-45-43(51)31-16-25-15-27(9-10-30(25)46-31)57-21-24-11-13-56-14-12-24/h9-10,15-16,24,26,32-33,36,46,49-50H,11-14,17-18,20-21H2,1-8H3,(H,45,51)/t26-,32?,33?,36+/m1/s1. The fourth-order valence-electron chi connectivity index (χ4n) is 9.49. The van der Waals surface area contributed by atoms with Crippen LogP contribution in [0, 0.1) is 31.1 Å². The van der Waals surface area contributed by atoms with Gasteiger partial charge in [0.05, 0.1) is 53.2 Å². The minimum atomic E-state index is -0.778. The van der Waals surface area contributed by atoms with Gasteiger partial charge >= 0.3 is 0 Å². The second-order valence-electron chi connectivity index (χ2n) is 15.4. The number of H-pyrrole nitrogens is 1. The number of phenols is 2. The van der Waals surface area contributed by atoms with Gasteiger partial charge in [-0.25, -0.2) is 0 Å². The molecule has 4 N–H and O–H groups in total. The summed E-state index contributed by atoms with van der Waals surface area (Å²) >= 11 is 0. The van der Waals surface area contributed by atoms with Crippen molar-refractivity contribution >= 4 is 16.8 Å². The van der Waals surface area contributed by atoms with Crippen molar-refractivity contribution in [3.63, 3.8) is 0 Å². The molecule has 3 aliphatic rings. The molecule has 1 aromatic heterocycles. The molecule has 14 nitrogen and oxygen atoms in total. The second-order valence-corrected chi connectivity index (χ2v) is 15.4. The molecule has 1 amide bonds. The Kier molecular flexibility index (Phi) is 11.4. The van der Waals surface area contributed by atoms with Gasteiger partial charge in [0, 0.05) is 76.5 Å². The van der Waals surface area contributed by atoms with Crippen LogP contribution in [0.2, 0.25) is 0 Å². The Bertz CT molecular complexity index is 2210. The van der Waals surface area contributed by atoms with Crippen LogP contribution in [0.5, 0.6) is 40.2 Å². The molecule has 14 heteroatoms. The number of benzene rings is 3. The molecule has 3 aliphatic heterocycles. The van der Waals surface area contributed by atoms with E-state index in [1.54, 1.807) is 20.3 Å². The normalized spacial score (nSPS) is 20.8. The molecule has 4 heterocycles. The summed E-state index contributed by atoms with van der Waals surface area (Å²) in [6.07, 6.45) is 2.47. The van der Waals surface area contributed by atoms with Crippen molar-refractivity contribution in [2.75, 3.05) is 68.9 Å². The van der Waals surface area contributed by atoms with Gasteiger partial charge in [-0.05, 0) is 77.4 Å². The first-order valence-electron chi connectivity index (χ1n) is 19.3. The molecule has 4 aromatic rings. The molecular formula is C43H53N5O9. The number of phenolic OH excluding ortho intramolecular Hbond substituents is 2. The molecule has 4 atom stereocenters. The van der Waals surface area contributed by atoms with Crippen LogP contribution in [0.4, 0.5) is 0 Å². The summed E-state index contributed by atoms with van der Waals surface area (Å²) in [5.74, 6) is 2.34. The third kappa shape index (κ3) is 6.91. The summed E-state index contributed by atoms with van der Waals surface area (Å²) in [6, 6.07) is 7.59. The number of carbonyl (C=O) groups excluding carboxylic acids is 1. The maximum Gasteiger partial charge on any atom is 0.267 e. The molecule has 7 rings (SSSR count). The van der Waals surface area contributed by atoms with Crippen molar-refractivity contribution in [2.45, 2.75) is 63.7 Å². The predicted octanol–water partition coefficient (Wildman–Crippen LogP) is 5.48. The van der Waals surface area contributed by atoms with Crippen LogP contribution in [0.3, 0.4) is 0 Å². The lowest BCUT2D eigenvalue weighted by atomic mass is 9.80. The summed E-state index contributed by atoms with van der Waals surface area (Å²) in [5, 5.41) is 38.9. The number of fused-ring (bicyclic) bond motifs is 4. The number of nitrogens with zero attached hydrogens (tertiary/aromatic N) is 3. The molecule has 0 saturated carbocycles. The number of methoxy groups -OCH3 is 4. The SMILES string of the molecule is COc1c(C)c(OC)c2c(c1O)C(CNC(=O)c1cc3cc(OCC4CCOCC4)ccc3[nH]1)N1C(C2)[C@H](N(C)C)c2c(O)c(OC)c(C)c(OC)c2C[C@@H]1C#N. The zero-order valence-corrected chi connectivity index (χ0v) is 33.9. The lowest BCUT2D eigenvalue weighted by molar-refractivity contribution is 0.0380. The molecule has 3 aromatic carbocycles. The maximum atomic E-state index is 14.1. The molecule has 0 spiro atoms. The highest BCUT2D eigenvalue weighted by molar-refractivity contribution is 5.98. The number of amides is 1. The van der Waals surface area contributed by atoms with E-state index >= 15 is 0 Å². The number of ether oxygens (including phenoxy) is 6. The average molecular weight is 784 g/mol. The number of hydrogen-bond donors (Lipinski definition) is 4. The Labute approximate surface area is 333 Å². The Morgan fingerprint density at radius 1 is 0.930 bits per heavy atom. The van der Waals surface area contributed by atoms with Gasteiger partial charge in [-0.1, -0.05) is 0 Å². The number of aromatic nitrogens is 1. The highest BCUT2D eigenvalue weighted by atomic mass is 16.5. The molecule has 1 saturated heterocycles. The topological polar surface area (TPSA) is 171 Å². The molecule has 57 heavy (non-hydrogen) atoms. The minimum absolute atomic E-state index is 0.0141. The van der Waals surface area contributed by atoms with Crippen molar-refractivity contribution in [1.82, 2.24) is 20.1 Å². The van der Waals surface area contributed by atoms with Crippen LogP contribution < -0.4 is 29.0 Å². The third-order valence-corrected chi connectivity index (χ3v) is 12.0. The Balaban J connectivity index is 1.30. The Morgan fingerprint density at radius 2 is 1.54 bits per heavy atom. The first kappa shape index (κ1) is 39.9. The third-order valence-electron chi connectivity index (χ3n) is 12.0. The number of nitriles is 1. The van der Waals surface area contributed by atoms with Crippen LogP contribution in [-0.4, -0.2) is 112 Å². The maximum absolute atomic E-state index is 14.1. The van der Waals surface area contributed by atoms with Gasteiger partial charge in [-0.2, -0.15) is 5.26 Å². The number of likely N-dealkylation sites (N-methyl/N-ethyl adjacent to an activating group) is 1. The van der Waals surface area contributed by atoms with E-state index in [1.165, 1.54) is 14.2 Å². The quantitative estimate of drug-likeness (QED) is 0.151. The van der Waals surface area contributed by atoms with Crippen LogP contribution >= 0.6 is 0 Å². The minimum Gasteiger partial charge on any atom is -0.504 e. The molecular weight excluding hydrogens is 730 g/mol. The Hall–Kier alpha value is -5.36. The van der Waals surface area contributed by atoms with Crippen LogP contribution in [0.1, 0.15) is 68.8 Å². The van der Waals surface area contributed by atoms with Crippen molar-refractivity contribution < 1.29 is 43.4 Å². The van der Waals surface area contributed by atoms with Gasteiger partial charge in [0.1, 0.15) is 29.0 Å². The van der Waals surface area contributed by atoms with Crippen molar-refractivity contribution in [3.05, 3.63) is 63.3 Å². The summed E-state index contributed by atoms with van der Waals surface area (Å²) < 4.78 is 35.1. The van der Waals surface area contributed by atoms with Crippen LogP contribution in [-0.2, 0) is 17.6 Å². The molecule has 1 fully saturated rings. The smallest absolute Gasteiger partial charge is 0.267 e. The van der Waals surface area contributed by atoms with E-state index < -0.39 is 24.2 Å². The highest BCUT2D eigenvalue weighted by Gasteiger charge is 2.50. The molecule has 0 radical (unpaired) electrons. The number of rotatable bonds is 11. The first-order chi connectivity index (χ1) is 27.5. The van der Waals surface area contributed by atoms with Gasteiger partial charge in [0.25, 0.3) is 5.91 Å². The number of nitrogens with one attached hydrogen (secondary N) is 2. The lowest BCUT2D eigenvalue weighted by Crippen LogP contribution is -2.55. The summed E-state index contributed by atoms with van der Waals surface area (Å²) in [6.45, 7) is 5.77. The van der Waals surface area contributed by atoms with Gasteiger partial charge in [0.15, 0.2) is 23.0 Å². The van der Waals surface area contributed by atoms with E-state index in [0.717, 1.165) is 48.3 Å². The Morgan fingerprint density at radius 3 is 2.14 bits per heavy atom. The average Bonchev–Trinajstić information content (AvgIpc) is 3.57. The number of aromatic amines is 1. The summed E-state index contributed by atoms with van der Waals surface area (Å²) in [7, 11) is 9.99. The summed E-state index contributed by atoms with van der Waals surface area (Å²) in [4.78, 5) is 21.4. The fraction of sp³-hybridized carbons (Fsp3) is 0.488. The van der Waals surface area contributed by atoms with E-state index in [9.17, 15) is 20.3 Å². The second kappa shape index (κ2) is 16.2. The molecule has 0 aliphatic carbocycles. The zero-order chi connectivity index (χ0) is 40.7. The fourth-order valence-corrected chi connectivity index (χ4v) is 9.49. The van der Waals surface area contributed by atoms with E-state index in [-0.39, 0.29) is 36.1 Å². The first-order valence-corrected chi connectivity index (χ1v) is 19.3. The van der Waals surface area contributed by atoms with Crippen molar-refractivity contribution in [2.24, 2.45) is 5.92 Å². The summed E-state index contributed by atoms with van der Waals surface area (Å²) in [5.41, 5.74) is 4.90. The van der Waals surface area contributed by atoms with Crippen molar-refractivity contribution in [3.8, 4) is 46.3 Å². The van der Waals surface area contributed by atoms with Gasteiger partial charge in [-0.15, -0.1) is 0 Å². The van der Waals surface area contributed by atoms with E-state index in [0.29, 0.717) is 69.7 Å². The number of aromatic hydroxyl groups is 2. The van der Waals surface area contributed by atoms with E-state index in [1.807, 2.05) is 51.0 Å².